The molecule has 0 amide bonds. The minimum absolute atomic E-state index is 0.235. The van der Waals surface area contributed by atoms with Crippen LogP contribution in [0.2, 0.25) is 0 Å². The Labute approximate surface area is 96.3 Å². The zero-order chi connectivity index (χ0) is 11.4. The van der Waals surface area contributed by atoms with E-state index in [0.717, 1.165) is 37.6 Å². The fourth-order valence-electron chi connectivity index (χ4n) is 1.94. The third kappa shape index (κ3) is 2.72. The Balaban J connectivity index is 1.96. The molecule has 0 spiro atoms. The molecule has 1 fully saturated rings. The summed E-state index contributed by atoms with van der Waals surface area (Å²) in [5.41, 5.74) is 11.4. The summed E-state index contributed by atoms with van der Waals surface area (Å²) in [4.78, 5) is 0. The largest absolute Gasteiger partial charge is 0.398 e. The molecule has 1 saturated heterocycles. The van der Waals surface area contributed by atoms with Gasteiger partial charge in [-0.2, -0.15) is 0 Å². The number of nitrogens with zero attached hydrogens (tertiary/aromatic N) is 1. The van der Waals surface area contributed by atoms with Gasteiger partial charge in [0, 0.05) is 24.8 Å². The lowest BCUT2D eigenvalue weighted by atomic mass is 10.1. The topological polar surface area (TPSA) is 50.5 Å². The first-order valence-electron chi connectivity index (χ1n) is 5.70. The summed E-state index contributed by atoms with van der Waals surface area (Å²) in [6.07, 6.45) is 0. The number of nitrogens with two attached hydrogens (primary N) is 1. The number of hydrogen-bond donors (Lipinski definition) is 2. The first kappa shape index (κ1) is 11.4. The highest BCUT2D eigenvalue weighted by atomic mass is 16.5. The minimum atomic E-state index is 0.235. The smallest absolute Gasteiger partial charge is 0.0608 e. The van der Waals surface area contributed by atoms with Gasteiger partial charge < -0.3 is 10.5 Å². The van der Waals surface area contributed by atoms with Crippen LogP contribution in [-0.2, 0) is 4.74 Å². The molecule has 0 saturated carbocycles. The summed E-state index contributed by atoms with van der Waals surface area (Å²) in [5.74, 6) is 0. The highest BCUT2D eigenvalue weighted by molar-refractivity contribution is 5.47. The van der Waals surface area contributed by atoms with E-state index in [9.17, 15) is 0 Å². The Kier molecular flexibility index (Phi) is 3.77. The van der Waals surface area contributed by atoms with Gasteiger partial charge in [0.05, 0.1) is 13.2 Å². The number of nitrogen functional groups attached to an aromatic ring is 1. The van der Waals surface area contributed by atoms with Crippen LogP contribution in [0.15, 0.2) is 24.3 Å². The molecule has 3 N–H and O–H groups in total. The molecule has 1 atom stereocenters. The second-order valence-electron chi connectivity index (χ2n) is 4.08. The number of hydrazine groups is 1. The third-order valence-corrected chi connectivity index (χ3v) is 2.85. The van der Waals surface area contributed by atoms with E-state index < -0.39 is 0 Å². The number of nitrogens with one attached hydrogen (secondary N) is 1. The van der Waals surface area contributed by atoms with E-state index in [2.05, 4.69) is 23.4 Å². The van der Waals surface area contributed by atoms with Crippen molar-refractivity contribution in [3.05, 3.63) is 29.8 Å². The molecule has 0 aliphatic carbocycles. The van der Waals surface area contributed by atoms with Crippen LogP contribution in [0.4, 0.5) is 5.69 Å². The first-order valence-corrected chi connectivity index (χ1v) is 5.70. The standard InChI is InChI=1S/C12H19N3O/c1-10(11-4-2-3-5-12(11)13)14-15-6-8-16-9-7-15/h2-5,10,14H,6-9,13H2,1H3. The van der Waals surface area contributed by atoms with Gasteiger partial charge in [-0.1, -0.05) is 18.2 Å². The van der Waals surface area contributed by atoms with E-state index in [0.29, 0.717) is 0 Å². The molecule has 1 aliphatic rings. The van der Waals surface area contributed by atoms with E-state index in [1.54, 1.807) is 0 Å². The average Bonchev–Trinajstić information content (AvgIpc) is 2.31. The SMILES string of the molecule is CC(NN1CCOCC1)c1ccccc1N. The van der Waals surface area contributed by atoms with Gasteiger partial charge in [-0.05, 0) is 18.6 Å². The van der Waals surface area contributed by atoms with E-state index in [-0.39, 0.29) is 6.04 Å². The van der Waals surface area contributed by atoms with Gasteiger partial charge in [-0.3, -0.25) is 0 Å². The average molecular weight is 221 g/mol. The van der Waals surface area contributed by atoms with Crippen LogP contribution in [0.1, 0.15) is 18.5 Å². The molecule has 88 valence electrons. The Morgan fingerprint density at radius 3 is 2.69 bits per heavy atom. The highest BCUT2D eigenvalue weighted by Crippen LogP contribution is 2.19. The van der Waals surface area contributed by atoms with Crippen molar-refractivity contribution < 1.29 is 4.74 Å². The van der Waals surface area contributed by atoms with Gasteiger partial charge in [0.1, 0.15) is 0 Å². The molecule has 2 rings (SSSR count). The molecule has 4 nitrogen and oxygen atoms in total. The highest BCUT2D eigenvalue weighted by Gasteiger charge is 2.14. The molecule has 0 bridgehead atoms. The van der Waals surface area contributed by atoms with Crippen molar-refractivity contribution in [1.29, 1.82) is 0 Å². The van der Waals surface area contributed by atoms with E-state index in [1.165, 1.54) is 0 Å². The monoisotopic (exact) mass is 221 g/mol. The maximum Gasteiger partial charge on any atom is 0.0608 e. The fourth-order valence-corrected chi connectivity index (χ4v) is 1.94. The molecule has 0 aromatic heterocycles. The van der Waals surface area contributed by atoms with Crippen molar-refractivity contribution in [1.82, 2.24) is 10.4 Å². The predicted octanol–water partition coefficient (Wildman–Crippen LogP) is 1.17. The zero-order valence-electron chi connectivity index (χ0n) is 9.65. The molecule has 1 unspecified atom stereocenters. The van der Waals surface area contributed by atoms with Crippen LogP contribution in [-0.4, -0.2) is 31.3 Å². The van der Waals surface area contributed by atoms with Gasteiger partial charge in [-0.25, -0.2) is 10.4 Å². The summed E-state index contributed by atoms with van der Waals surface area (Å²) < 4.78 is 5.30. The normalized spacial score (nSPS) is 19.6. The summed E-state index contributed by atoms with van der Waals surface area (Å²) in [5, 5.41) is 2.20. The molecular weight excluding hydrogens is 202 g/mol. The molecule has 1 aromatic rings. The van der Waals surface area contributed by atoms with Crippen LogP contribution in [0.3, 0.4) is 0 Å². The quantitative estimate of drug-likeness (QED) is 0.752. The predicted molar refractivity (Wildman–Crippen MR) is 64.8 cm³/mol. The van der Waals surface area contributed by atoms with E-state index in [1.807, 2.05) is 18.2 Å². The van der Waals surface area contributed by atoms with Crippen molar-refractivity contribution >= 4 is 5.69 Å². The van der Waals surface area contributed by atoms with Crippen LogP contribution >= 0.6 is 0 Å². The summed E-state index contributed by atoms with van der Waals surface area (Å²) in [6, 6.07) is 8.21. The van der Waals surface area contributed by atoms with Crippen LogP contribution < -0.4 is 11.2 Å². The zero-order valence-corrected chi connectivity index (χ0v) is 9.65. The number of rotatable bonds is 3. The van der Waals surface area contributed by atoms with Crippen molar-refractivity contribution in [3.63, 3.8) is 0 Å². The lowest BCUT2D eigenvalue weighted by Gasteiger charge is -2.30. The summed E-state index contributed by atoms with van der Waals surface area (Å²) >= 11 is 0. The number of anilines is 1. The van der Waals surface area contributed by atoms with Crippen molar-refractivity contribution in [2.45, 2.75) is 13.0 Å². The van der Waals surface area contributed by atoms with Crippen LogP contribution in [0.5, 0.6) is 0 Å². The molecule has 1 aliphatic heterocycles. The summed E-state index contributed by atoms with van der Waals surface area (Å²) in [7, 11) is 0. The Morgan fingerprint density at radius 2 is 2.00 bits per heavy atom. The molecule has 0 radical (unpaired) electrons. The fraction of sp³-hybridized carbons (Fsp3) is 0.500. The van der Waals surface area contributed by atoms with Crippen LogP contribution in [0, 0.1) is 0 Å². The van der Waals surface area contributed by atoms with Gasteiger partial charge in [0.25, 0.3) is 0 Å². The third-order valence-electron chi connectivity index (χ3n) is 2.85. The number of morpholine rings is 1. The molecule has 1 aromatic carbocycles. The van der Waals surface area contributed by atoms with E-state index in [4.69, 9.17) is 10.5 Å². The minimum Gasteiger partial charge on any atom is -0.398 e. The Morgan fingerprint density at radius 1 is 1.31 bits per heavy atom. The lowest BCUT2D eigenvalue weighted by Crippen LogP contribution is -2.46. The molecule has 4 heteroatoms. The number of ether oxygens (including phenoxy) is 1. The lowest BCUT2D eigenvalue weighted by molar-refractivity contribution is 0.00490. The van der Waals surface area contributed by atoms with Gasteiger partial charge >= 0.3 is 0 Å². The molecular formula is C12H19N3O. The maximum atomic E-state index is 5.94. The Hall–Kier alpha value is -1.10. The number of para-hydroxylation sites is 1. The van der Waals surface area contributed by atoms with Crippen LogP contribution in [0.25, 0.3) is 0 Å². The van der Waals surface area contributed by atoms with Crippen molar-refractivity contribution in [2.24, 2.45) is 0 Å². The molecule has 1 heterocycles. The number of benzene rings is 1. The maximum absolute atomic E-state index is 5.94. The second-order valence-corrected chi connectivity index (χ2v) is 4.08. The van der Waals surface area contributed by atoms with Crippen molar-refractivity contribution in [3.8, 4) is 0 Å². The summed E-state index contributed by atoms with van der Waals surface area (Å²) in [6.45, 7) is 5.57. The Bertz CT molecular complexity index is 337. The van der Waals surface area contributed by atoms with E-state index >= 15 is 0 Å². The van der Waals surface area contributed by atoms with Gasteiger partial charge in [0.15, 0.2) is 0 Å². The number of hydrogen-bond acceptors (Lipinski definition) is 4. The van der Waals surface area contributed by atoms with Crippen molar-refractivity contribution in [2.75, 3.05) is 32.0 Å². The first-order chi connectivity index (χ1) is 7.77. The second kappa shape index (κ2) is 5.30. The molecule has 16 heavy (non-hydrogen) atoms. The van der Waals surface area contributed by atoms with Gasteiger partial charge in [-0.15, -0.1) is 0 Å². The van der Waals surface area contributed by atoms with Gasteiger partial charge in [0.2, 0.25) is 0 Å².